The number of rotatable bonds is 14. The molecule has 2 rings (SSSR count). The molecule has 0 aromatic heterocycles. The molecule has 1 heterocycles. The van der Waals surface area contributed by atoms with E-state index in [0.29, 0.717) is 12.6 Å². The van der Waals surface area contributed by atoms with Crippen LogP contribution in [0.3, 0.4) is 0 Å². The Balaban J connectivity index is 1.76. The lowest BCUT2D eigenvalue weighted by Gasteiger charge is -2.37. The van der Waals surface area contributed by atoms with Gasteiger partial charge in [-0.25, -0.2) is 0 Å². The van der Waals surface area contributed by atoms with Crippen molar-refractivity contribution in [2.75, 3.05) is 19.7 Å². The van der Waals surface area contributed by atoms with Gasteiger partial charge in [0.05, 0.1) is 0 Å². The fourth-order valence-electron chi connectivity index (χ4n) is 4.10. The van der Waals surface area contributed by atoms with Gasteiger partial charge in [0, 0.05) is 19.1 Å². The minimum Gasteiger partial charge on any atom is -0.465 e. The Morgan fingerprint density at radius 1 is 0.963 bits per heavy atom. The number of likely N-dealkylation sites (tertiary alicyclic amines) is 1. The molecular formula is C24H41NO2. The Hall–Kier alpha value is -1.06. The van der Waals surface area contributed by atoms with E-state index < -0.39 is 0 Å². The molecule has 1 aliphatic heterocycles. The summed E-state index contributed by atoms with van der Waals surface area (Å²) in [5.74, 6) is 0.908. The standard InChI is InChI=1S/C24H41NO2/c1-3-5-6-7-8-9-14-19-25-20-15-13-16-22(25)21-24(26-4-2)27-23-17-11-10-12-18-23/h10-12,17-18,22,24H,3-9,13-16,19-21H2,1-2H3. The normalized spacial score (nSPS) is 19.1. The molecule has 1 saturated heterocycles. The Kier molecular flexibility index (Phi) is 11.5. The zero-order chi connectivity index (χ0) is 19.2. The molecule has 0 aliphatic carbocycles. The lowest BCUT2D eigenvalue weighted by molar-refractivity contribution is -0.0950. The van der Waals surface area contributed by atoms with Crippen LogP contribution in [0.4, 0.5) is 0 Å². The van der Waals surface area contributed by atoms with Crippen LogP contribution in [-0.2, 0) is 4.74 Å². The molecule has 0 radical (unpaired) electrons. The summed E-state index contributed by atoms with van der Waals surface area (Å²) in [6.45, 7) is 7.52. The smallest absolute Gasteiger partial charge is 0.201 e. The summed E-state index contributed by atoms with van der Waals surface area (Å²) in [7, 11) is 0. The van der Waals surface area contributed by atoms with E-state index in [4.69, 9.17) is 9.47 Å². The molecule has 0 N–H and O–H groups in total. The van der Waals surface area contributed by atoms with Gasteiger partial charge in [-0.3, -0.25) is 0 Å². The summed E-state index contributed by atoms with van der Waals surface area (Å²) in [4.78, 5) is 2.70. The van der Waals surface area contributed by atoms with E-state index in [1.807, 2.05) is 30.3 Å². The predicted molar refractivity (Wildman–Crippen MR) is 114 cm³/mol. The van der Waals surface area contributed by atoms with E-state index in [-0.39, 0.29) is 6.29 Å². The van der Waals surface area contributed by atoms with Crippen LogP contribution < -0.4 is 4.74 Å². The Morgan fingerprint density at radius 3 is 2.44 bits per heavy atom. The van der Waals surface area contributed by atoms with Crippen molar-refractivity contribution in [2.45, 2.75) is 96.8 Å². The van der Waals surface area contributed by atoms with E-state index >= 15 is 0 Å². The second-order valence-electron chi connectivity index (χ2n) is 7.86. The van der Waals surface area contributed by atoms with E-state index in [1.54, 1.807) is 0 Å². The molecule has 0 amide bonds. The summed E-state index contributed by atoms with van der Waals surface area (Å²) < 4.78 is 12.1. The molecule has 0 saturated carbocycles. The van der Waals surface area contributed by atoms with Gasteiger partial charge in [0.15, 0.2) is 0 Å². The molecule has 154 valence electrons. The van der Waals surface area contributed by atoms with Crippen LogP contribution in [0.1, 0.15) is 84.5 Å². The monoisotopic (exact) mass is 375 g/mol. The molecule has 3 nitrogen and oxygen atoms in total. The number of para-hydroxylation sites is 1. The zero-order valence-electron chi connectivity index (χ0n) is 17.7. The number of nitrogens with zero attached hydrogens (tertiary/aromatic N) is 1. The van der Waals surface area contributed by atoms with E-state index in [0.717, 1.165) is 12.2 Å². The van der Waals surface area contributed by atoms with Crippen LogP contribution in [-0.4, -0.2) is 36.9 Å². The largest absolute Gasteiger partial charge is 0.465 e. The molecule has 2 atom stereocenters. The van der Waals surface area contributed by atoms with Crippen LogP contribution in [0.15, 0.2) is 30.3 Å². The molecular weight excluding hydrogens is 334 g/mol. The van der Waals surface area contributed by atoms with Crippen molar-refractivity contribution >= 4 is 0 Å². The highest BCUT2D eigenvalue weighted by Gasteiger charge is 2.26. The van der Waals surface area contributed by atoms with Crippen molar-refractivity contribution in [2.24, 2.45) is 0 Å². The zero-order valence-corrected chi connectivity index (χ0v) is 17.7. The third-order valence-electron chi connectivity index (χ3n) is 5.63. The van der Waals surface area contributed by atoms with Crippen LogP contribution in [0.2, 0.25) is 0 Å². The Bertz CT molecular complexity index is 465. The van der Waals surface area contributed by atoms with Crippen molar-refractivity contribution in [3.8, 4) is 5.75 Å². The maximum absolute atomic E-state index is 6.14. The Morgan fingerprint density at radius 2 is 1.70 bits per heavy atom. The van der Waals surface area contributed by atoms with Gasteiger partial charge >= 0.3 is 0 Å². The topological polar surface area (TPSA) is 21.7 Å². The quantitative estimate of drug-likeness (QED) is 0.276. The number of hydrogen-bond donors (Lipinski definition) is 0. The summed E-state index contributed by atoms with van der Waals surface area (Å²) >= 11 is 0. The van der Waals surface area contributed by atoms with Crippen LogP contribution in [0.5, 0.6) is 5.75 Å². The fourth-order valence-corrected chi connectivity index (χ4v) is 4.10. The number of unbranched alkanes of at least 4 members (excludes halogenated alkanes) is 6. The first-order chi connectivity index (χ1) is 13.3. The SMILES string of the molecule is CCCCCCCCCN1CCCCC1CC(OCC)Oc1ccccc1. The maximum atomic E-state index is 6.14. The molecule has 1 aliphatic rings. The van der Waals surface area contributed by atoms with Crippen LogP contribution >= 0.6 is 0 Å². The lowest BCUT2D eigenvalue weighted by atomic mass is 9.98. The van der Waals surface area contributed by atoms with Gasteiger partial charge in [-0.1, -0.05) is 70.1 Å². The number of benzene rings is 1. The number of hydrogen-bond acceptors (Lipinski definition) is 3. The third kappa shape index (κ3) is 9.12. The first kappa shape index (κ1) is 22.2. The van der Waals surface area contributed by atoms with Crippen LogP contribution in [0, 0.1) is 0 Å². The molecule has 27 heavy (non-hydrogen) atoms. The van der Waals surface area contributed by atoms with Gasteiger partial charge in [-0.15, -0.1) is 0 Å². The first-order valence-corrected chi connectivity index (χ1v) is 11.4. The molecule has 1 aromatic carbocycles. The van der Waals surface area contributed by atoms with Gasteiger partial charge in [0.2, 0.25) is 6.29 Å². The predicted octanol–water partition coefficient (Wildman–Crippen LogP) is 6.42. The van der Waals surface area contributed by atoms with E-state index in [2.05, 4.69) is 18.7 Å². The second kappa shape index (κ2) is 14.0. The van der Waals surface area contributed by atoms with Gasteiger partial charge in [0.25, 0.3) is 0 Å². The van der Waals surface area contributed by atoms with Crippen LogP contribution in [0.25, 0.3) is 0 Å². The molecule has 0 bridgehead atoms. The highest BCUT2D eigenvalue weighted by atomic mass is 16.7. The number of ether oxygens (including phenoxy) is 2. The molecule has 1 fully saturated rings. The van der Waals surface area contributed by atoms with Gasteiger partial charge < -0.3 is 14.4 Å². The number of piperidine rings is 1. The third-order valence-corrected chi connectivity index (χ3v) is 5.63. The first-order valence-electron chi connectivity index (χ1n) is 11.4. The summed E-state index contributed by atoms with van der Waals surface area (Å²) in [5.41, 5.74) is 0. The average molecular weight is 376 g/mol. The van der Waals surface area contributed by atoms with Crippen molar-refractivity contribution in [1.82, 2.24) is 4.90 Å². The highest BCUT2D eigenvalue weighted by Crippen LogP contribution is 2.24. The molecule has 3 heteroatoms. The van der Waals surface area contributed by atoms with Gasteiger partial charge in [-0.05, 0) is 51.4 Å². The average Bonchev–Trinajstić information content (AvgIpc) is 2.69. The Labute approximate surface area is 167 Å². The summed E-state index contributed by atoms with van der Waals surface area (Å²) in [6, 6.07) is 10.7. The summed E-state index contributed by atoms with van der Waals surface area (Å²) in [5, 5.41) is 0. The van der Waals surface area contributed by atoms with Crippen molar-refractivity contribution in [3.05, 3.63) is 30.3 Å². The maximum Gasteiger partial charge on any atom is 0.201 e. The highest BCUT2D eigenvalue weighted by molar-refractivity contribution is 5.21. The van der Waals surface area contributed by atoms with E-state index in [9.17, 15) is 0 Å². The van der Waals surface area contributed by atoms with Crippen molar-refractivity contribution in [1.29, 1.82) is 0 Å². The molecule has 1 aromatic rings. The van der Waals surface area contributed by atoms with Crippen molar-refractivity contribution in [3.63, 3.8) is 0 Å². The molecule has 0 spiro atoms. The van der Waals surface area contributed by atoms with Gasteiger partial charge in [-0.2, -0.15) is 0 Å². The van der Waals surface area contributed by atoms with E-state index in [1.165, 1.54) is 77.3 Å². The van der Waals surface area contributed by atoms with Gasteiger partial charge in [0.1, 0.15) is 5.75 Å². The fraction of sp³-hybridized carbons (Fsp3) is 0.750. The summed E-state index contributed by atoms with van der Waals surface area (Å²) in [6.07, 6.45) is 14.4. The minimum absolute atomic E-state index is 0.142. The molecule has 2 unspecified atom stereocenters. The lowest BCUT2D eigenvalue weighted by Crippen LogP contribution is -2.43. The minimum atomic E-state index is -0.142. The second-order valence-corrected chi connectivity index (χ2v) is 7.86. The van der Waals surface area contributed by atoms with Crippen molar-refractivity contribution < 1.29 is 9.47 Å².